The Kier molecular flexibility index (Phi) is 3.60. The zero-order valence-corrected chi connectivity index (χ0v) is 11.4. The Morgan fingerprint density at radius 1 is 1.25 bits per heavy atom. The van der Waals surface area contributed by atoms with E-state index in [0.29, 0.717) is 16.9 Å². The molecule has 5 heteroatoms. The largest absolute Gasteiger partial charge is 0.439 e. The smallest absolute Gasteiger partial charge is 0.224 e. The highest BCUT2D eigenvalue weighted by atomic mass is 127. The van der Waals surface area contributed by atoms with Gasteiger partial charge in [-0.25, -0.2) is 4.98 Å². The molecule has 1 heterocycles. The van der Waals surface area contributed by atoms with E-state index in [4.69, 9.17) is 16.3 Å². The number of hydrogen-bond donors (Lipinski definition) is 0. The van der Waals surface area contributed by atoms with Gasteiger partial charge in [0.15, 0.2) is 0 Å². The normalized spacial score (nSPS) is 10.2. The van der Waals surface area contributed by atoms with Gasteiger partial charge in [0.1, 0.15) is 16.7 Å². The number of ether oxygens (including phenoxy) is 1. The maximum absolute atomic E-state index is 5.82. The molecular weight excluding hydrogens is 338 g/mol. The zero-order valence-electron chi connectivity index (χ0n) is 8.45. The van der Waals surface area contributed by atoms with Gasteiger partial charge in [0.25, 0.3) is 0 Å². The van der Waals surface area contributed by atoms with Gasteiger partial charge in [-0.1, -0.05) is 17.7 Å². The number of aryl methyl sites for hydroxylation is 1. The van der Waals surface area contributed by atoms with E-state index >= 15 is 0 Å². The molecular formula is C11H8ClIN2O. The van der Waals surface area contributed by atoms with E-state index in [1.54, 1.807) is 13.0 Å². The SMILES string of the molecule is Cc1nc(Cl)cc(Oc2cccc(I)c2)n1. The molecule has 0 unspecified atom stereocenters. The third-order valence-corrected chi connectivity index (χ3v) is 2.67. The van der Waals surface area contributed by atoms with Gasteiger partial charge < -0.3 is 4.74 Å². The van der Waals surface area contributed by atoms with Gasteiger partial charge in [-0.15, -0.1) is 0 Å². The predicted molar refractivity (Wildman–Crippen MR) is 71.0 cm³/mol. The number of aromatic nitrogens is 2. The van der Waals surface area contributed by atoms with Crippen molar-refractivity contribution < 1.29 is 4.74 Å². The van der Waals surface area contributed by atoms with E-state index in [2.05, 4.69) is 32.6 Å². The third kappa shape index (κ3) is 3.05. The molecule has 0 aliphatic rings. The molecule has 16 heavy (non-hydrogen) atoms. The number of rotatable bonds is 2. The van der Waals surface area contributed by atoms with Crippen LogP contribution in [0.5, 0.6) is 11.6 Å². The summed E-state index contributed by atoms with van der Waals surface area (Å²) in [6.07, 6.45) is 0. The molecule has 0 aliphatic carbocycles. The van der Waals surface area contributed by atoms with Crippen LogP contribution in [0, 0.1) is 10.5 Å². The zero-order chi connectivity index (χ0) is 11.5. The molecule has 0 amide bonds. The summed E-state index contributed by atoms with van der Waals surface area (Å²) >= 11 is 8.04. The predicted octanol–water partition coefficient (Wildman–Crippen LogP) is 3.84. The lowest BCUT2D eigenvalue weighted by molar-refractivity contribution is 0.459. The van der Waals surface area contributed by atoms with Crippen LogP contribution in [0.25, 0.3) is 0 Å². The molecule has 0 N–H and O–H groups in total. The highest BCUT2D eigenvalue weighted by Crippen LogP contribution is 2.22. The van der Waals surface area contributed by atoms with E-state index in [-0.39, 0.29) is 0 Å². The monoisotopic (exact) mass is 346 g/mol. The van der Waals surface area contributed by atoms with Crippen molar-refractivity contribution in [1.82, 2.24) is 9.97 Å². The highest BCUT2D eigenvalue weighted by molar-refractivity contribution is 14.1. The molecule has 0 saturated heterocycles. The fourth-order valence-electron chi connectivity index (χ4n) is 1.21. The maximum atomic E-state index is 5.82. The summed E-state index contributed by atoms with van der Waals surface area (Å²) in [6, 6.07) is 9.30. The number of nitrogens with zero attached hydrogens (tertiary/aromatic N) is 2. The average Bonchev–Trinajstić information content (AvgIpc) is 2.15. The first-order chi connectivity index (χ1) is 7.63. The topological polar surface area (TPSA) is 35.0 Å². The first-order valence-electron chi connectivity index (χ1n) is 4.58. The molecule has 2 aromatic rings. The molecule has 82 valence electrons. The van der Waals surface area contributed by atoms with Gasteiger partial charge >= 0.3 is 0 Å². The van der Waals surface area contributed by atoms with Crippen LogP contribution in [-0.4, -0.2) is 9.97 Å². The van der Waals surface area contributed by atoms with Gasteiger partial charge in [-0.2, -0.15) is 4.98 Å². The summed E-state index contributed by atoms with van der Waals surface area (Å²) in [4.78, 5) is 8.11. The molecule has 0 bridgehead atoms. The summed E-state index contributed by atoms with van der Waals surface area (Å²) in [7, 11) is 0. The standard InChI is InChI=1S/C11H8ClIN2O/c1-7-14-10(12)6-11(15-7)16-9-4-2-3-8(13)5-9/h2-6H,1H3. The summed E-state index contributed by atoms with van der Waals surface area (Å²) in [5.74, 6) is 1.79. The van der Waals surface area contributed by atoms with Crippen molar-refractivity contribution in [3.05, 3.63) is 44.9 Å². The lowest BCUT2D eigenvalue weighted by Crippen LogP contribution is -1.93. The van der Waals surface area contributed by atoms with Crippen LogP contribution in [0.2, 0.25) is 5.15 Å². The molecule has 1 aromatic carbocycles. The second-order valence-corrected chi connectivity index (χ2v) is 4.77. The lowest BCUT2D eigenvalue weighted by atomic mass is 10.3. The number of benzene rings is 1. The first-order valence-corrected chi connectivity index (χ1v) is 6.04. The van der Waals surface area contributed by atoms with Gasteiger partial charge in [0, 0.05) is 9.64 Å². The van der Waals surface area contributed by atoms with E-state index in [1.807, 2.05) is 24.3 Å². The van der Waals surface area contributed by atoms with Crippen LogP contribution in [0.3, 0.4) is 0 Å². The van der Waals surface area contributed by atoms with Crippen LogP contribution in [0.1, 0.15) is 5.82 Å². The molecule has 1 aromatic heterocycles. The minimum absolute atomic E-state index is 0.383. The lowest BCUT2D eigenvalue weighted by Gasteiger charge is -2.05. The van der Waals surface area contributed by atoms with Gasteiger partial charge in [-0.3, -0.25) is 0 Å². The van der Waals surface area contributed by atoms with Crippen LogP contribution >= 0.6 is 34.2 Å². The van der Waals surface area contributed by atoms with Crippen molar-refractivity contribution >= 4 is 34.2 Å². The molecule has 0 spiro atoms. The van der Waals surface area contributed by atoms with Crippen molar-refractivity contribution in [3.8, 4) is 11.6 Å². The molecule has 0 fully saturated rings. The fourth-order valence-corrected chi connectivity index (χ4v) is 1.94. The van der Waals surface area contributed by atoms with E-state index in [1.165, 1.54) is 0 Å². The molecule has 0 atom stereocenters. The Morgan fingerprint density at radius 3 is 2.75 bits per heavy atom. The van der Waals surface area contributed by atoms with Crippen LogP contribution in [-0.2, 0) is 0 Å². The average molecular weight is 347 g/mol. The fraction of sp³-hybridized carbons (Fsp3) is 0.0909. The molecule has 3 nitrogen and oxygen atoms in total. The highest BCUT2D eigenvalue weighted by Gasteiger charge is 2.02. The van der Waals surface area contributed by atoms with Crippen LogP contribution in [0.4, 0.5) is 0 Å². The van der Waals surface area contributed by atoms with Crippen LogP contribution < -0.4 is 4.74 Å². The van der Waals surface area contributed by atoms with E-state index < -0.39 is 0 Å². The Bertz CT molecular complexity index is 499. The quantitative estimate of drug-likeness (QED) is 0.612. The minimum atomic E-state index is 0.383. The Labute approximate surface area is 112 Å². The minimum Gasteiger partial charge on any atom is -0.439 e. The van der Waals surface area contributed by atoms with E-state index in [0.717, 1.165) is 9.32 Å². The Hall–Kier alpha value is -0.880. The second-order valence-electron chi connectivity index (χ2n) is 3.14. The number of halogens is 2. The molecule has 2 rings (SSSR count). The Balaban J connectivity index is 2.27. The van der Waals surface area contributed by atoms with Crippen molar-refractivity contribution in [2.45, 2.75) is 6.92 Å². The van der Waals surface area contributed by atoms with Crippen molar-refractivity contribution in [1.29, 1.82) is 0 Å². The van der Waals surface area contributed by atoms with Crippen molar-refractivity contribution in [3.63, 3.8) is 0 Å². The Morgan fingerprint density at radius 2 is 2.06 bits per heavy atom. The summed E-state index contributed by atoms with van der Waals surface area (Å²) in [5, 5.41) is 0.383. The van der Waals surface area contributed by atoms with Gasteiger partial charge in [0.05, 0.1) is 0 Å². The third-order valence-electron chi connectivity index (χ3n) is 1.80. The maximum Gasteiger partial charge on any atom is 0.224 e. The first kappa shape index (κ1) is 11.6. The van der Waals surface area contributed by atoms with Gasteiger partial charge in [-0.05, 0) is 47.7 Å². The van der Waals surface area contributed by atoms with Gasteiger partial charge in [0.2, 0.25) is 5.88 Å². The molecule has 0 radical (unpaired) electrons. The molecule has 0 saturated carbocycles. The van der Waals surface area contributed by atoms with Crippen molar-refractivity contribution in [2.75, 3.05) is 0 Å². The van der Waals surface area contributed by atoms with Crippen molar-refractivity contribution in [2.24, 2.45) is 0 Å². The van der Waals surface area contributed by atoms with E-state index in [9.17, 15) is 0 Å². The summed E-state index contributed by atoms with van der Waals surface area (Å²) in [6.45, 7) is 1.77. The summed E-state index contributed by atoms with van der Waals surface area (Å²) in [5.41, 5.74) is 0. The molecule has 0 aliphatic heterocycles. The van der Waals surface area contributed by atoms with Crippen LogP contribution in [0.15, 0.2) is 30.3 Å². The number of hydrogen-bond acceptors (Lipinski definition) is 3. The second kappa shape index (κ2) is 4.97. The summed E-state index contributed by atoms with van der Waals surface area (Å²) < 4.78 is 6.68.